The molecule has 0 saturated heterocycles. The second-order valence-corrected chi connectivity index (χ2v) is 4.72. The molecule has 0 radical (unpaired) electrons. The number of pyridine rings is 2. The molecule has 0 fully saturated rings. The van der Waals surface area contributed by atoms with Crippen LogP contribution >= 0.6 is 0 Å². The third-order valence-electron chi connectivity index (χ3n) is 3.20. The fourth-order valence-electron chi connectivity index (χ4n) is 2.12. The number of ether oxygens (including phenoxy) is 1. The summed E-state index contributed by atoms with van der Waals surface area (Å²) in [5.41, 5.74) is 1.92. The van der Waals surface area contributed by atoms with E-state index in [1.54, 1.807) is 48.1 Å². The fourth-order valence-corrected chi connectivity index (χ4v) is 2.12. The molecule has 0 aliphatic heterocycles. The van der Waals surface area contributed by atoms with E-state index in [0.717, 1.165) is 0 Å². The maximum Gasteiger partial charge on any atom is 0.341 e. The molecule has 0 atom stereocenters. The van der Waals surface area contributed by atoms with Crippen LogP contribution in [-0.4, -0.2) is 33.1 Å². The van der Waals surface area contributed by atoms with Gasteiger partial charge in [0.25, 0.3) is 5.91 Å². The first-order chi connectivity index (χ1) is 11.2. The number of anilines is 1. The van der Waals surface area contributed by atoms with Crippen molar-refractivity contribution >= 4 is 23.1 Å². The number of esters is 1. The number of rotatable bonds is 4. The number of carbonyl (C=O) groups is 2. The smallest absolute Gasteiger partial charge is 0.341 e. The molecule has 0 bridgehead atoms. The highest BCUT2D eigenvalue weighted by Crippen LogP contribution is 2.17. The first kappa shape index (κ1) is 14.7. The third-order valence-corrected chi connectivity index (χ3v) is 3.20. The van der Waals surface area contributed by atoms with Crippen LogP contribution in [0.25, 0.3) is 5.52 Å². The lowest BCUT2D eigenvalue weighted by atomic mass is 10.2. The molecular weight excluding hydrogens is 296 g/mol. The predicted molar refractivity (Wildman–Crippen MR) is 83.3 cm³/mol. The fraction of sp³-hybridized carbons (Fsp3) is 0.125. The molecule has 0 aliphatic rings. The van der Waals surface area contributed by atoms with Gasteiger partial charge in [-0.05, 0) is 31.2 Å². The molecule has 3 heterocycles. The second kappa shape index (κ2) is 6.27. The average molecular weight is 310 g/mol. The molecule has 7 nitrogen and oxygen atoms in total. The summed E-state index contributed by atoms with van der Waals surface area (Å²) in [4.78, 5) is 28.0. The van der Waals surface area contributed by atoms with Gasteiger partial charge in [0.2, 0.25) is 0 Å². The SMILES string of the molecule is CCOC(=O)c1cnn2ccc(NC(=O)c3cccnc3)cc12. The Labute approximate surface area is 131 Å². The number of hydrogen-bond acceptors (Lipinski definition) is 5. The highest BCUT2D eigenvalue weighted by Gasteiger charge is 2.14. The summed E-state index contributed by atoms with van der Waals surface area (Å²) in [6.07, 6.45) is 6.19. The van der Waals surface area contributed by atoms with Gasteiger partial charge in [0.1, 0.15) is 5.56 Å². The van der Waals surface area contributed by atoms with Crippen LogP contribution in [-0.2, 0) is 4.74 Å². The van der Waals surface area contributed by atoms with Crippen molar-refractivity contribution in [2.24, 2.45) is 0 Å². The predicted octanol–water partition coefficient (Wildman–Crippen LogP) is 2.16. The molecule has 1 amide bonds. The summed E-state index contributed by atoms with van der Waals surface area (Å²) >= 11 is 0. The molecule has 1 N–H and O–H groups in total. The van der Waals surface area contributed by atoms with Crippen molar-refractivity contribution in [2.75, 3.05) is 11.9 Å². The molecule has 0 unspecified atom stereocenters. The number of nitrogens with zero attached hydrogens (tertiary/aromatic N) is 3. The van der Waals surface area contributed by atoms with Crippen molar-refractivity contribution in [1.29, 1.82) is 0 Å². The number of amides is 1. The van der Waals surface area contributed by atoms with Gasteiger partial charge in [0.05, 0.1) is 23.9 Å². The zero-order valence-corrected chi connectivity index (χ0v) is 12.4. The Hall–Kier alpha value is -3.22. The molecule has 23 heavy (non-hydrogen) atoms. The maximum absolute atomic E-state index is 12.1. The number of aromatic nitrogens is 3. The van der Waals surface area contributed by atoms with E-state index in [0.29, 0.717) is 22.3 Å². The highest BCUT2D eigenvalue weighted by molar-refractivity contribution is 6.05. The van der Waals surface area contributed by atoms with Crippen LogP contribution < -0.4 is 5.32 Å². The van der Waals surface area contributed by atoms with Crippen molar-refractivity contribution in [3.63, 3.8) is 0 Å². The van der Waals surface area contributed by atoms with Crippen molar-refractivity contribution in [3.8, 4) is 0 Å². The van der Waals surface area contributed by atoms with E-state index in [9.17, 15) is 9.59 Å². The number of carbonyl (C=O) groups excluding carboxylic acids is 2. The van der Waals surface area contributed by atoms with E-state index in [1.807, 2.05) is 0 Å². The van der Waals surface area contributed by atoms with Gasteiger partial charge in [0, 0.05) is 24.3 Å². The number of hydrogen-bond donors (Lipinski definition) is 1. The van der Waals surface area contributed by atoms with Gasteiger partial charge in [-0.1, -0.05) is 0 Å². The summed E-state index contributed by atoms with van der Waals surface area (Å²) in [5.74, 6) is -0.724. The van der Waals surface area contributed by atoms with E-state index in [4.69, 9.17) is 4.74 Å². The zero-order chi connectivity index (χ0) is 16.2. The van der Waals surface area contributed by atoms with Gasteiger partial charge in [-0.2, -0.15) is 5.10 Å². The second-order valence-electron chi connectivity index (χ2n) is 4.72. The summed E-state index contributed by atoms with van der Waals surface area (Å²) < 4.78 is 6.54. The minimum Gasteiger partial charge on any atom is -0.462 e. The summed E-state index contributed by atoms with van der Waals surface area (Å²) in [7, 11) is 0. The van der Waals surface area contributed by atoms with E-state index in [1.165, 1.54) is 12.4 Å². The van der Waals surface area contributed by atoms with Crippen molar-refractivity contribution in [1.82, 2.24) is 14.6 Å². The minimum absolute atomic E-state index is 0.278. The molecule has 0 aromatic carbocycles. The Morgan fingerprint density at radius 1 is 1.30 bits per heavy atom. The molecule has 0 saturated carbocycles. The Morgan fingerprint density at radius 3 is 2.91 bits per heavy atom. The first-order valence-corrected chi connectivity index (χ1v) is 7.05. The Kier molecular flexibility index (Phi) is 4.01. The molecule has 3 aromatic rings. The Bertz CT molecular complexity index is 858. The zero-order valence-electron chi connectivity index (χ0n) is 12.4. The van der Waals surface area contributed by atoms with Crippen LogP contribution in [0.2, 0.25) is 0 Å². The maximum atomic E-state index is 12.1. The van der Waals surface area contributed by atoms with E-state index >= 15 is 0 Å². The summed E-state index contributed by atoms with van der Waals surface area (Å²) in [6.45, 7) is 2.02. The summed E-state index contributed by atoms with van der Waals surface area (Å²) in [5, 5.41) is 6.86. The molecule has 7 heteroatoms. The lowest BCUT2D eigenvalue weighted by Crippen LogP contribution is -2.12. The van der Waals surface area contributed by atoms with Crippen LogP contribution in [0.15, 0.2) is 49.1 Å². The standard InChI is InChI=1S/C16H14N4O3/c1-2-23-16(22)13-10-18-20-7-5-12(8-14(13)20)19-15(21)11-4-3-6-17-9-11/h3-10H,2H2,1H3,(H,19,21). The molecule has 0 aliphatic carbocycles. The topological polar surface area (TPSA) is 85.6 Å². The Morgan fingerprint density at radius 2 is 2.17 bits per heavy atom. The van der Waals surface area contributed by atoms with Crippen molar-refractivity contribution in [3.05, 3.63) is 60.2 Å². The molecule has 3 rings (SSSR count). The quantitative estimate of drug-likeness (QED) is 0.746. The van der Waals surface area contributed by atoms with Gasteiger partial charge in [-0.25, -0.2) is 9.31 Å². The minimum atomic E-state index is -0.446. The normalized spacial score (nSPS) is 10.5. The molecular formula is C16H14N4O3. The van der Waals surface area contributed by atoms with Gasteiger partial charge in [0.15, 0.2) is 0 Å². The van der Waals surface area contributed by atoms with Crippen LogP contribution in [0.5, 0.6) is 0 Å². The van der Waals surface area contributed by atoms with E-state index in [2.05, 4.69) is 15.4 Å². The highest BCUT2D eigenvalue weighted by atomic mass is 16.5. The van der Waals surface area contributed by atoms with Crippen molar-refractivity contribution in [2.45, 2.75) is 6.92 Å². The van der Waals surface area contributed by atoms with Crippen LogP contribution in [0.1, 0.15) is 27.6 Å². The van der Waals surface area contributed by atoms with Crippen molar-refractivity contribution < 1.29 is 14.3 Å². The van der Waals surface area contributed by atoms with Gasteiger partial charge >= 0.3 is 5.97 Å². The number of fused-ring (bicyclic) bond motifs is 1. The van der Waals surface area contributed by atoms with E-state index in [-0.39, 0.29) is 12.5 Å². The largest absolute Gasteiger partial charge is 0.462 e. The van der Waals surface area contributed by atoms with Crippen LogP contribution in [0.4, 0.5) is 5.69 Å². The van der Waals surface area contributed by atoms with Gasteiger partial charge in [-0.15, -0.1) is 0 Å². The number of nitrogens with one attached hydrogen (secondary N) is 1. The lowest BCUT2D eigenvalue weighted by Gasteiger charge is -2.06. The lowest BCUT2D eigenvalue weighted by molar-refractivity contribution is 0.0528. The Balaban J connectivity index is 1.89. The first-order valence-electron chi connectivity index (χ1n) is 7.05. The van der Waals surface area contributed by atoms with Gasteiger partial charge < -0.3 is 10.1 Å². The van der Waals surface area contributed by atoms with Crippen LogP contribution in [0, 0.1) is 0 Å². The monoisotopic (exact) mass is 310 g/mol. The molecule has 3 aromatic heterocycles. The van der Waals surface area contributed by atoms with Crippen LogP contribution in [0.3, 0.4) is 0 Å². The molecule has 116 valence electrons. The average Bonchev–Trinajstić information content (AvgIpc) is 2.99. The van der Waals surface area contributed by atoms with Gasteiger partial charge in [-0.3, -0.25) is 9.78 Å². The third kappa shape index (κ3) is 3.03. The molecule has 0 spiro atoms. The van der Waals surface area contributed by atoms with E-state index < -0.39 is 5.97 Å². The summed E-state index contributed by atoms with van der Waals surface area (Å²) in [6, 6.07) is 6.73.